The number of carbonyl (C=O) groups is 2. The number of piperidine rings is 1. The third kappa shape index (κ3) is 3.41. The second-order valence-corrected chi connectivity index (χ2v) is 8.63. The van der Waals surface area contributed by atoms with Crippen molar-refractivity contribution in [3.05, 3.63) is 29.8 Å². The lowest BCUT2D eigenvalue weighted by atomic mass is 9.76. The van der Waals surface area contributed by atoms with Crippen LogP contribution in [0.2, 0.25) is 0 Å². The SMILES string of the molecule is O=C(NC1(C(=O)O)CCC1)c1cccc(S(=O)(=O)N2CCCCC2)c1. The van der Waals surface area contributed by atoms with E-state index in [1.165, 1.54) is 28.6 Å². The highest BCUT2D eigenvalue weighted by Crippen LogP contribution is 2.32. The van der Waals surface area contributed by atoms with Gasteiger partial charge in [0.2, 0.25) is 10.0 Å². The number of hydrogen-bond acceptors (Lipinski definition) is 4. The van der Waals surface area contributed by atoms with Crippen LogP contribution in [-0.4, -0.2) is 48.3 Å². The number of hydrogen-bond donors (Lipinski definition) is 2. The maximum Gasteiger partial charge on any atom is 0.329 e. The standard InChI is InChI=1S/C17H22N2O5S/c20-15(18-17(16(21)22)8-5-9-17)13-6-4-7-14(12-13)25(23,24)19-10-2-1-3-11-19/h4,6-7,12H,1-3,5,8-11H2,(H,18,20)(H,21,22). The minimum Gasteiger partial charge on any atom is -0.480 e. The molecule has 0 atom stereocenters. The second-order valence-electron chi connectivity index (χ2n) is 6.69. The van der Waals surface area contributed by atoms with Gasteiger partial charge in [0.05, 0.1) is 4.90 Å². The lowest BCUT2D eigenvalue weighted by molar-refractivity contribution is -0.148. The van der Waals surface area contributed by atoms with Crippen LogP contribution in [0.4, 0.5) is 0 Å². The summed E-state index contributed by atoms with van der Waals surface area (Å²) in [4.78, 5) is 23.9. The molecule has 1 saturated carbocycles. The van der Waals surface area contributed by atoms with Crippen LogP contribution in [0, 0.1) is 0 Å². The molecule has 2 aliphatic rings. The highest BCUT2D eigenvalue weighted by molar-refractivity contribution is 7.89. The van der Waals surface area contributed by atoms with E-state index in [-0.39, 0.29) is 10.5 Å². The molecule has 1 aliphatic carbocycles. The molecule has 3 rings (SSSR count). The average molecular weight is 366 g/mol. The lowest BCUT2D eigenvalue weighted by Crippen LogP contribution is -2.59. The Bertz CT molecular complexity index is 780. The summed E-state index contributed by atoms with van der Waals surface area (Å²) in [5.41, 5.74) is -1.07. The highest BCUT2D eigenvalue weighted by Gasteiger charge is 2.45. The first-order chi connectivity index (χ1) is 11.8. The third-order valence-electron chi connectivity index (χ3n) is 5.02. The third-order valence-corrected chi connectivity index (χ3v) is 6.91. The minimum atomic E-state index is -3.63. The van der Waals surface area contributed by atoms with Crippen molar-refractivity contribution < 1.29 is 23.1 Å². The number of sulfonamides is 1. The Kier molecular flexibility index (Phi) is 4.83. The van der Waals surface area contributed by atoms with Gasteiger partial charge >= 0.3 is 5.97 Å². The number of carbonyl (C=O) groups excluding carboxylic acids is 1. The maximum atomic E-state index is 12.7. The zero-order chi connectivity index (χ0) is 18.1. The summed E-state index contributed by atoms with van der Waals surface area (Å²) in [7, 11) is -3.63. The van der Waals surface area contributed by atoms with Crippen LogP contribution in [0.25, 0.3) is 0 Å². The van der Waals surface area contributed by atoms with Crippen molar-refractivity contribution in [2.75, 3.05) is 13.1 Å². The number of amides is 1. The molecule has 1 aromatic carbocycles. The normalized spacial score (nSPS) is 20.5. The summed E-state index contributed by atoms with van der Waals surface area (Å²) in [6.07, 6.45) is 4.21. The van der Waals surface area contributed by atoms with Gasteiger partial charge in [0.1, 0.15) is 5.54 Å². The number of aliphatic carboxylic acids is 1. The smallest absolute Gasteiger partial charge is 0.329 e. The monoisotopic (exact) mass is 366 g/mol. The highest BCUT2D eigenvalue weighted by atomic mass is 32.2. The first-order valence-electron chi connectivity index (χ1n) is 8.51. The molecule has 136 valence electrons. The van der Waals surface area contributed by atoms with Gasteiger partial charge in [-0.2, -0.15) is 4.31 Å². The topological polar surface area (TPSA) is 104 Å². The molecule has 0 radical (unpaired) electrons. The largest absolute Gasteiger partial charge is 0.480 e. The van der Waals surface area contributed by atoms with Crippen LogP contribution in [0.15, 0.2) is 29.2 Å². The van der Waals surface area contributed by atoms with E-state index < -0.39 is 27.4 Å². The summed E-state index contributed by atoms with van der Waals surface area (Å²) >= 11 is 0. The predicted octanol–water partition coefficient (Wildman–Crippen LogP) is 1.60. The molecule has 8 heteroatoms. The Labute approximate surface area is 147 Å². The lowest BCUT2D eigenvalue weighted by Gasteiger charge is -2.38. The van der Waals surface area contributed by atoms with E-state index in [0.29, 0.717) is 25.9 Å². The van der Waals surface area contributed by atoms with Gasteiger partial charge in [0, 0.05) is 18.7 Å². The van der Waals surface area contributed by atoms with E-state index in [0.717, 1.165) is 25.7 Å². The number of nitrogens with zero attached hydrogens (tertiary/aromatic N) is 1. The molecule has 1 aliphatic heterocycles. The van der Waals surface area contributed by atoms with Crippen LogP contribution < -0.4 is 5.32 Å². The molecular formula is C17H22N2O5S. The fraction of sp³-hybridized carbons (Fsp3) is 0.529. The summed E-state index contributed by atoms with van der Waals surface area (Å²) in [6, 6.07) is 5.81. The van der Waals surface area contributed by atoms with Crippen molar-refractivity contribution in [2.24, 2.45) is 0 Å². The molecule has 1 amide bonds. The summed E-state index contributed by atoms with van der Waals surface area (Å²) in [6.45, 7) is 0.974. The molecule has 25 heavy (non-hydrogen) atoms. The molecule has 1 saturated heterocycles. The Morgan fingerprint density at radius 3 is 2.32 bits per heavy atom. The van der Waals surface area contributed by atoms with Crippen LogP contribution in [0.3, 0.4) is 0 Å². The first kappa shape index (κ1) is 17.9. The minimum absolute atomic E-state index is 0.0695. The van der Waals surface area contributed by atoms with Gasteiger partial charge in [-0.15, -0.1) is 0 Å². The average Bonchev–Trinajstić information content (AvgIpc) is 2.58. The van der Waals surface area contributed by atoms with Crippen molar-refractivity contribution in [3.8, 4) is 0 Å². The maximum absolute atomic E-state index is 12.7. The Hall–Kier alpha value is -1.93. The fourth-order valence-electron chi connectivity index (χ4n) is 3.26. The zero-order valence-corrected chi connectivity index (χ0v) is 14.7. The van der Waals surface area contributed by atoms with Gasteiger partial charge in [0.25, 0.3) is 5.91 Å². The van der Waals surface area contributed by atoms with Gasteiger partial charge in [0.15, 0.2) is 0 Å². The molecule has 0 spiro atoms. The zero-order valence-electron chi connectivity index (χ0n) is 13.9. The molecule has 2 N–H and O–H groups in total. The predicted molar refractivity (Wildman–Crippen MR) is 90.7 cm³/mol. The van der Waals surface area contributed by atoms with Crippen molar-refractivity contribution >= 4 is 21.9 Å². The van der Waals surface area contributed by atoms with E-state index >= 15 is 0 Å². The quantitative estimate of drug-likeness (QED) is 0.824. The van der Waals surface area contributed by atoms with Crippen molar-refractivity contribution in [1.82, 2.24) is 9.62 Å². The Morgan fingerprint density at radius 1 is 1.08 bits per heavy atom. The molecular weight excluding hydrogens is 344 g/mol. The van der Waals surface area contributed by atoms with Crippen LogP contribution in [0.1, 0.15) is 48.9 Å². The summed E-state index contributed by atoms with van der Waals surface area (Å²) < 4.78 is 26.9. The number of nitrogens with one attached hydrogen (secondary N) is 1. The van der Waals surface area contributed by atoms with E-state index in [2.05, 4.69) is 5.32 Å². The number of rotatable bonds is 5. The Balaban J connectivity index is 1.81. The van der Waals surface area contributed by atoms with Crippen molar-refractivity contribution in [1.29, 1.82) is 0 Å². The summed E-state index contributed by atoms with van der Waals surface area (Å²) in [5.74, 6) is -1.61. The van der Waals surface area contributed by atoms with E-state index in [1.54, 1.807) is 0 Å². The van der Waals surface area contributed by atoms with E-state index in [1.807, 2.05) is 0 Å². The van der Waals surface area contributed by atoms with Gasteiger partial charge in [-0.25, -0.2) is 13.2 Å². The first-order valence-corrected chi connectivity index (χ1v) is 9.95. The van der Waals surface area contributed by atoms with Crippen molar-refractivity contribution in [2.45, 2.75) is 49.0 Å². The van der Waals surface area contributed by atoms with Gasteiger partial charge in [-0.3, -0.25) is 4.79 Å². The molecule has 1 aromatic rings. The second kappa shape index (κ2) is 6.76. The molecule has 0 bridgehead atoms. The van der Waals surface area contributed by atoms with Crippen LogP contribution >= 0.6 is 0 Å². The van der Waals surface area contributed by atoms with Crippen molar-refractivity contribution in [3.63, 3.8) is 0 Å². The molecule has 1 heterocycles. The van der Waals surface area contributed by atoms with Gasteiger partial charge < -0.3 is 10.4 Å². The summed E-state index contributed by atoms with van der Waals surface area (Å²) in [5, 5.41) is 11.9. The van der Waals surface area contributed by atoms with E-state index in [4.69, 9.17) is 0 Å². The van der Waals surface area contributed by atoms with Gasteiger partial charge in [-0.05, 0) is 50.3 Å². The Morgan fingerprint density at radius 2 is 1.76 bits per heavy atom. The van der Waals surface area contributed by atoms with E-state index in [9.17, 15) is 23.1 Å². The molecule has 0 unspecified atom stereocenters. The number of carboxylic acid groups (broad SMARTS) is 1. The van der Waals surface area contributed by atoms with Gasteiger partial charge in [-0.1, -0.05) is 12.5 Å². The number of benzene rings is 1. The molecule has 7 nitrogen and oxygen atoms in total. The molecule has 0 aromatic heterocycles. The fourth-order valence-corrected chi connectivity index (χ4v) is 4.83. The van der Waals surface area contributed by atoms with Crippen LogP contribution in [0.5, 0.6) is 0 Å². The number of carboxylic acids is 1. The van der Waals surface area contributed by atoms with Crippen LogP contribution in [-0.2, 0) is 14.8 Å². The molecule has 2 fully saturated rings.